The Morgan fingerprint density at radius 3 is 2.77 bits per heavy atom. The summed E-state index contributed by atoms with van der Waals surface area (Å²) in [5.74, 6) is -0.223. The lowest BCUT2D eigenvalue weighted by Gasteiger charge is -2.14. The lowest BCUT2D eigenvalue weighted by Crippen LogP contribution is -2.19. The summed E-state index contributed by atoms with van der Waals surface area (Å²) in [5, 5.41) is 8.20. The maximum absolute atomic E-state index is 13.4. The summed E-state index contributed by atoms with van der Waals surface area (Å²) in [4.78, 5) is 16.4. The van der Waals surface area contributed by atoms with Crippen LogP contribution in [0.5, 0.6) is 0 Å². The van der Waals surface area contributed by atoms with E-state index in [4.69, 9.17) is 11.6 Å². The molecule has 1 saturated heterocycles. The molecule has 0 unspecified atom stereocenters. The number of aliphatic imine (C=N–C) groups is 1. The van der Waals surface area contributed by atoms with E-state index >= 15 is 0 Å². The van der Waals surface area contributed by atoms with Crippen LogP contribution in [-0.2, 0) is 17.5 Å². The molecule has 30 heavy (non-hydrogen) atoms. The maximum atomic E-state index is 13.4. The topological polar surface area (TPSA) is 59.3 Å². The van der Waals surface area contributed by atoms with Crippen LogP contribution in [0, 0.1) is 0 Å². The van der Waals surface area contributed by atoms with Gasteiger partial charge in [0.2, 0.25) is 0 Å². The molecule has 1 aliphatic rings. The van der Waals surface area contributed by atoms with Crippen LogP contribution >= 0.6 is 23.4 Å². The fourth-order valence-corrected chi connectivity index (χ4v) is 4.07. The summed E-state index contributed by atoms with van der Waals surface area (Å²) in [7, 11) is 1.59. The number of thioether (sulfide) groups is 1. The maximum Gasteiger partial charge on any atom is 0.416 e. The molecule has 10 heteroatoms. The number of hydrogen-bond donors (Lipinski definition) is 1. The van der Waals surface area contributed by atoms with Crippen molar-refractivity contribution in [3.05, 3.63) is 69.2 Å². The van der Waals surface area contributed by atoms with Crippen LogP contribution < -0.4 is 5.32 Å². The molecule has 5 nitrogen and oxygen atoms in total. The summed E-state index contributed by atoms with van der Waals surface area (Å²) in [6, 6.07) is 9.10. The summed E-state index contributed by atoms with van der Waals surface area (Å²) >= 11 is 6.99. The Labute approximate surface area is 178 Å². The highest BCUT2D eigenvalue weighted by atomic mass is 35.5. The molecule has 0 aliphatic carbocycles. The summed E-state index contributed by atoms with van der Waals surface area (Å²) in [6.07, 6.45) is -1.19. The Morgan fingerprint density at radius 1 is 1.27 bits per heavy atom. The standard InChI is InChI=1S/C20H14ClF3N4OS/c1-25-19-27-18(29)17(30-19)7-11-2-5-16-13(6-11)9-26-28(16)10-12-3-4-14(21)8-15(12)20(22,23)24/h2-9H,10H2,1H3,(H,25,27,29)/b17-7-. The van der Waals surface area contributed by atoms with E-state index in [1.165, 1.54) is 28.6 Å². The molecule has 2 heterocycles. The quantitative estimate of drug-likeness (QED) is 0.574. The molecular formula is C20H14ClF3N4OS. The minimum Gasteiger partial charge on any atom is -0.301 e. The number of hydrogen-bond acceptors (Lipinski definition) is 4. The van der Waals surface area contributed by atoms with Crippen LogP contribution in [0.2, 0.25) is 5.02 Å². The molecule has 2 aromatic carbocycles. The fourth-order valence-electron chi connectivity index (χ4n) is 3.12. The molecule has 154 valence electrons. The third-order valence-electron chi connectivity index (χ3n) is 4.52. The summed E-state index contributed by atoms with van der Waals surface area (Å²) < 4.78 is 41.6. The summed E-state index contributed by atoms with van der Waals surface area (Å²) in [6.45, 7) is -0.0511. The van der Waals surface area contributed by atoms with Crippen LogP contribution in [0.3, 0.4) is 0 Å². The highest BCUT2D eigenvalue weighted by Crippen LogP contribution is 2.34. The second kappa shape index (κ2) is 7.81. The third kappa shape index (κ3) is 4.08. The number of carbonyl (C=O) groups excluding carboxylic acids is 1. The second-order valence-corrected chi connectivity index (χ2v) is 7.98. The minimum absolute atomic E-state index is 0.0270. The van der Waals surface area contributed by atoms with Gasteiger partial charge in [-0.25, -0.2) is 0 Å². The van der Waals surface area contributed by atoms with Gasteiger partial charge in [-0.05, 0) is 53.2 Å². The van der Waals surface area contributed by atoms with Crippen molar-refractivity contribution in [3.63, 3.8) is 0 Å². The molecule has 0 spiro atoms. The van der Waals surface area contributed by atoms with Crippen molar-refractivity contribution >= 4 is 51.4 Å². The number of nitrogens with zero attached hydrogens (tertiary/aromatic N) is 3. The van der Waals surface area contributed by atoms with Gasteiger partial charge in [-0.3, -0.25) is 14.5 Å². The average Bonchev–Trinajstić information content (AvgIpc) is 3.25. The van der Waals surface area contributed by atoms with E-state index < -0.39 is 11.7 Å². The average molecular weight is 451 g/mol. The van der Waals surface area contributed by atoms with Crippen molar-refractivity contribution in [2.45, 2.75) is 12.7 Å². The van der Waals surface area contributed by atoms with Gasteiger partial charge in [-0.1, -0.05) is 23.7 Å². The first kappa shape index (κ1) is 20.5. The number of halogens is 4. The fraction of sp³-hybridized carbons (Fsp3) is 0.150. The van der Waals surface area contributed by atoms with Gasteiger partial charge in [-0.15, -0.1) is 0 Å². The van der Waals surface area contributed by atoms with Crippen molar-refractivity contribution < 1.29 is 18.0 Å². The van der Waals surface area contributed by atoms with Crippen LogP contribution in [0.1, 0.15) is 16.7 Å². The Morgan fingerprint density at radius 2 is 2.07 bits per heavy atom. The van der Waals surface area contributed by atoms with Crippen LogP contribution in [0.4, 0.5) is 13.2 Å². The van der Waals surface area contributed by atoms with Gasteiger partial charge in [0.15, 0.2) is 5.17 Å². The normalized spacial score (nSPS) is 17.3. The molecule has 0 atom stereocenters. The van der Waals surface area contributed by atoms with Crippen molar-refractivity contribution in [3.8, 4) is 0 Å². The number of amidine groups is 1. The van der Waals surface area contributed by atoms with E-state index in [1.807, 2.05) is 6.07 Å². The molecule has 4 rings (SSSR count). The van der Waals surface area contributed by atoms with Crippen molar-refractivity contribution in [2.24, 2.45) is 4.99 Å². The number of nitrogens with one attached hydrogen (secondary N) is 1. The monoisotopic (exact) mass is 450 g/mol. The van der Waals surface area contributed by atoms with E-state index in [1.54, 1.807) is 31.5 Å². The lowest BCUT2D eigenvalue weighted by atomic mass is 10.1. The Kier molecular flexibility index (Phi) is 5.33. The number of rotatable bonds is 3. The van der Waals surface area contributed by atoms with Crippen molar-refractivity contribution in [2.75, 3.05) is 7.05 Å². The lowest BCUT2D eigenvalue weighted by molar-refractivity contribution is -0.138. The van der Waals surface area contributed by atoms with Gasteiger partial charge in [0.25, 0.3) is 5.91 Å². The molecule has 0 radical (unpaired) electrons. The van der Waals surface area contributed by atoms with Crippen molar-refractivity contribution in [1.29, 1.82) is 0 Å². The Bertz CT molecular complexity index is 1220. The van der Waals surface area contributed by atoms with E-state index in [0.29, 0.717) is 15.6 Å². The molecule has 0 bridgehead atoms. The SMILES string of the molecule is CN=C1NC(=O)/C(=C/c2ccc3c(cnn3Cc3ccc(Cl)cc3C(F)(F)F)c2)S1. The highest BCUT2D eigenvalue weighted by Gasteiger charge is 2.33. The van der Waals surface area contributed by atoms with Crippen LogP contribution in [0.15, 0.2) is 52.5 Å². The first-order valence-electron chi connectivity index (χ1n) is 8.73. The van der Waals surface area contributed by atoms with Gasteiger partial charge < -0.3 is 5.32 Å². The van der Waals surface area contributed by atoms with Crippen LogP contribution in [-0.4, -0.2) is 27.9 Å². The van der Waals surface area contributed by atoms with E-state index in [2.05, 4.69) is 15.4 Å². The minimum atomic E-state index is -4.51. The molecular weight excluding hydrogens is 437 g/mol. The Hall–Kier alpha value is -2.78. The van der Waals surface area contributed by atoms with Gasteiger partial charge in [0.1, 0.15) is 0 Å². The first-order valence-corrected chi connectivity index (χ1v) is 9.93. The largest absolute Gasteiger partial charge is 0.416 e. The Balaban J connectivity index is 1.65. The molecule has 3 aromatic rings. The van der Waals surface area contributed by atoms with E-state index in [0.717, 1.165) is 17.0 Å². The molecule has 0 saturated carbocycles. The molecule has 1 N–H and O–H groups in total. The van der Waals surface area contributed by atoms with Crippen LogP contribution in [0.25, 0.3) is 17.0 Å². The zero-order valence-electron chi connectivity index (χ0n) is 15.5. The van der Waals surface area contributed by atoms with Gasteiger partial charge in [0.05, 0.1) is 28.7 Å². The molecule has 1 aromatic heterocycles. The van der Waals surface area contributed by atoms with E-state index in [9.17, 15) is 18.0 Å². The number of alkyl halides is 3. The predicted molar refractivity (Wildman–Crippen MR) is 112 cm³/mol. The molecule has 1 amide bonds. The number of carbonyl (C=O) groups is 1. The number of fused-ring (bicyclic) bond motifs is 1. The zero-order valence-corrected chi connectivity index (χ0v) is 17.1. The predicted octanol–water partition coefficient (Wildman–Crippen LogP) is 4.95. The van der Waals surface area contributed by atoms with Gasteiger partial charge >= 0.3 is 6.18 Å². The van der Waals surface area contributed by atoms with E-state index in [-0.39, 0.29) is 23.0 Å². The summed E-state index contributed by atoms with van der Waals surface area (Å²) in [5.41, 5.74) is 0.755. The first-order chi connectivity index (χ1) is 14.2. The molecule has 1 fully saturated rings. The van der Waals surface area contributed by atoms with Crippen molar-refractivity contribution in [1.82, 2.24) is 15.1 Å². The number of amides is 1. The zero-order chi connectivity index (χ0) is 21.5. The molecule has 1 aliphatic heterocycles. The third-order valence-corrected chi connectivity index (χ3v) is 5.75. The van der Waals surface area contributed by atoms with Gasteiger partial charge in [0, 0.05) is 17.5 Å². The number of aromatic nitrogens is 2. The number of benzene rings is 2. The van der Waals surface area contributed by atoms with Gasteiger partial charge in [-0.2, -0.15) is 18.3 Å². The smallest absolute Gasteiger partial charge is 0.301 e. The second-order valence-electron chi connectivity index (χ2n) is 6.51. The highest BCUT2D eigenvalue weighted by molar-refractivity contribution is 8.18.